The lowest BCUT2D eigenvalue weighted by molar-refractivity contribution is -0.385. The first-order chi connectivity index (χ1) is 11.5. The molecule has 7 nitrogen and oxygen atoms in total. The normalized spacial score (nSPS) is 11.4. The van der Waals surface area contributed by atoms with Crippen LogP contribution in [0, 0.1) is 10.1 Å². The van der Waals surface area contributed by atoms with Crippen LogP contribution in [-0.2, 0) is 4.79 Å². The van der Waals surface area contributed by atoms with E-state index in [-0.39, 0.29) is 30.0 Å². The summed E-state index contributed by atoms with van der Waals surface area (Å²) in [7, 11) is 1.42. The number of amides is 1. The number of rotatable bonds is 7. The predicted octanol–water partition coefficient (Wildman–Crippen LogP) is 2.86. The molecule has 0 fully saturated rings. The lowest BCUT2D eigenvalue weighted by Crippen LogP contribution is -2.31. The predicted molar refractivity (Wildman–Crippen MR) is 88.1 cm³/mol. The number of nitrogens with zero attached hydrogens (tertiary/aromatic N) is 1. The topological polar surface area (TPSA) is 90.7 Å². The molecule has 7 heteroatoms. The van der Waals surface area contributed by atoms with E-state index in [9.17, 15) is 14.9 Å². The smallest absolute Gasteiger partial charge is 0.273 e. The molecule has 0 unspecified atom stereocenters. The van der Waals surface area contributed by atoms with Crippen molar-refractivity contribution in [3.05, 3.63) is 64.2 Å². The van der Waals surface area contributed by atoms with E-state index >= 15 is 0 Å². The van der Waals surface area contributed by atoms with Crippen LogP contribution in [0.4, 0.5) is 5.69 Å². The average molecular weight is 330 g/mol. The summed E-state index contributed by atoms with van der Waals surface area (Å²) in [6, 6.07) is 13.3. The number of nitro benzene ring substituents is 1. The van der Waals surface area contributed by atoms with Crippen molar-refractivity contribution >= 4 is 11.6 Å². The molecule has 2 rings (SSSR count). The highest BCUT2D eigenvalue weighted by molar-refractivity contribution is 5.78. The Kier molecular flexibility index (Phi) is 5.73. The fourth-order valence-electron chi connectivity index (χ4n) is 2.14. The number of methoxy groups -OCH3 is 1. The number of nitro groups is 1. The third kappa shape index (κ3) is 4.45. The van der Waals surface area contributed by atoms with Gasteiger partial charge >= 0.3 is 0 Å². The number of ether oxygens (including phenoxy) is 2. The van der Waals surface area contributed by atoms with Crippen LogP contribution >= 0.6 is 0 Å². The van der Waals surface area contributed by atoms with Crippen LogP contribution in [0.3, 0.4) is 0 Å². The quantitative estimate of drug-likeness (QED) is 0.622. The van der Waals surface area contributed by atoms with E-state index in [1.807, 2.05) is 37.3 Å². The molecular formula is C17H18N2O5. The van der Waals surface area contributed by atoms with Crippen LogP contribution in [0.1, 0.15) is 18.5 Å². The molecule has 0 aliphatic rings. The van der Waals surface area contributed by atoms with Crippen LogP contribution in [0.15, 0.2) is 48.5 Å². The van der Waals surface area contributed by atoms with Gasteiger partial charge in [0.05, 0.1) is 24.1 Å². The molecule has 1 N–H and O–H groups in total. The van der Waals surface area contributed by atoms with Crippen LogP contribution < -0.4 is 14.8 Å². The minimum Gasteiger partial charge on any atom is -0.493 e. The molecule has 0 bridgehead atoms. The summed E-state index contributed by atoms with van der Waals surface area (Å²) in [5.41, 5.74) is 0.836. The highest BCUT2D eigenvalue weighted by Crippen LogP contribution is 2.31. The van der Waals surface area contributed by atoms with E-state index in [2.05, 4.69) is 5.32 Å². The number of non-ortho nitro benzene ring substituents is 1. The summed E-state index contributed by atoms with van der Waals surface area (Å²) >= 11 is 0. The zero-order valence-electron chi connectivity index (χ0n) is 13.4. The Morgan fingerprint density at radius 1 is 1.21 bits per heavy atom. The summed E-state index contributed by atoms with van der Waals surface area (Å²) in [5.74, 6) is 0.138. The van der Waals surface area contributed by atoms with Crippen LogP contribution in [0.25, 0.3) is 0 Å². The van der Waals surface area contributed by atoms with Crippen LogP contribution in [0.5, 0.6) is 11.5 Å². The second-order valence-electron chi connectivity index (χ2n) is 5.08. The molecular weight excluding hydrogens is 312 g/mol. The SMILES string of the molecule is COc1ccc([N+](=O)[O-])cc1OCC(=O)N[C@@H](C)c1ccccc1. The first-order valence-corrected chi connectivity index (χ1v) is 7.31. The van der Waals surface area contributed by atoms with Gasteiger partial charge in [-0.1, -0.05) is 30.3 Å². The summed E-state index contributed by atoms with van der Waals surface area (Å²) < 4.78 is 10.5. The molecule has 0 spiro atoms. The maximum Gasteiger partial charge on any atom is 0.273 e. The van der Waals surface area contributed by atoms with E-state index in [1.54, 1.807) is 0 Å². The van der Waals surface area contributed by atoms with E-state index in [1.165, 1.54) is 25.3 Å². The highest BCUT2D eigenvalue weighted by atomic mass is 16.6. The maximum atomic E-state index is 12.0. The van der Waals surface area contributed by atoms with Crippen molar-refractivity contribution in [2.45, 2.75) is 13.0 Å². The van der Waals surface area contributed by atoms with E-state index in [4.69, 9.17) is 9.47 Å². The van der Waals surface area contributed by atoms with Crippen molar-refractivity contribution in [1.82, 2.24) is 5.32 Å². The van der Waals surface area contributed by atoms with Gasteiger partial charge in [-0.2, -0.15) is 0 Å². The molecule has 0 aliphatic heterocycles. The molecule has 126 valence electrons. The molecule has 1 amide bonds. The number of carbonyl (C=O) groups excluding carboxylic acids is 1. The highest BCUT2D eigenvalue weighted by Gasteiger charge is 2.15. The van der Waals surface area contributed by atoms with E-state index < -0.39 is 4.92 Å². The van der Waals surface area contributed by atoms with Crippen molar-refractivity contribution in [1.29, 1.82) is 0 Å². The molecule has 0 heterocycles. The van der Waals surface area contributed by atoms with Gasteiger partial charge in [0.15, 0.2) is 18.1 Å². The van der Waals surface area contributed by atoms with Crippen molar-refractivity contribution in [3.8, 4) is 11.5 Å². The van der Waals surface area contributed by atoms with Gasteiger partial charge in [0.2, 0.25) is 0 Å². The molecule has 0 radical (unpaired) electrons. The van der Waals surface area contributed by atoms with Crippen molar-refractivity contribution in [2.75, 3.05) is 13.7 Å². The van der Waals surface area contributed by atoms with Crippen LogP contribution in [0.2, 0.25) is 0 Å². The first-order valence-electron chi connectivity index (χ1n) is 7.31. The maximum absolute atomic E-state index is 12.0. The molecule has 24 heavy (non-hydrogen) atoms. The zero-order valence-corrected chi connectivity index (χ0v) is 13.4. The number of hydrogen-bond donors (Lipinski definition) is 1. The molecule has 1 atom stereocenters. The number of benzene rings is 2. The van der Waals surface area contributed by atoms with Crippen molar-refractivity contribution < 1.29 is 19.2 Å². The minimum absolute atomic E-state index is 0.135. The molecule has 0 saturated heterocycles. The van der Waals surface area contributed by atoms with E-state index in [0.29, 0.717) is 5.75 Å². The Hall–Kier alpha value is -3.09. The Balaban J connectivity index is 1.98. The lowest BCUT2D eigenvalue weighted by Gasteiger charge is -2.15. The monoisotopic (exact) mass is 330 g/mol. The minimum atomic E-state index is -0.538. The number of hydrogen-bond acceptors (Lipinski definition) is 5. The van der Waals surface area contributed by atoms with Gasteiger partial charge in [0.1, 0.15) is 0 Å². The van der Waals surface area contributed by atoms with Gasteiger partial charge in [-0.15, -0.1) is 0 Å². The molecule has 0 aliphatic carbocycles. The zero-order chi connectivity index (χ0) is 17.5. The first kappa shape index (κ1) is 17.3. The summed E-state index contributed by atoms with van der Waals surface area (Å²) in [4.78, 5) is 22.3. The molecule has 2 aromatic carbocycles. The van der Waals surface area contributed by atoms with Crippen LogP contribution in [-0.4, -0.2) is 24.5 Å². The van der Waals surface area contributed by atoms with Gasteiger partial charge < -0.3 is 14.8 Å². The van der Waals surface area contributed by atoms with Gasteiger partial charge in [0, 0.05) is 6.07 Å². The fraction of sp³-hybridized carbons (Fsp3) is 0.235. The molecule has 0 aromatic heterocycles. The average Bonchev–Trinajstić information content (AvgIpc) is 2.60. The summed E-state index contributed by atoms with van der Waals surface area (Å²) in [6.45, 7) is 1.59. The van der Waals surface area contributed by atoms with E-state index in [0.717, 1.165) is 5.56 Å². The standard InChI is InChI=1S/C17H18N2O5/c1-12(13-6-4-3-5-7-13)18-17(20)11-24-16-10-14(19(21)22)8-9-15(16)23-2/h3-10,12H,11H2,1-2H3,(H,18,20)/t12-/m0/s1. The lowest BCUT2D eigenvalue weighted by atomic mass is 10.1. The van der Waals surface area contributed by atoms with Gasteiger partial charge in [0.25, 0.3) is 11.6 Å². The number of carbonyl (C=O) groups is 1. The summed E-state index contributed by atoms with van der Waals surface area (Å²) in [6.07, 6.45) is 0. The number of nitrogens with one attached hydrogen (secondary N) is 1. The Morgan fingerprint density at radius 3 is 2.54 bits per heavy atom. The molecule has 2 aromatic rings. The largest absolute Gasteiger partial charge is 0.493 e. The molecule has 0 saturated carbocycles. The van der Waals surface area contributed by atoms with Gasteiger partial charge in [-0.25, -0.2) is 0 Å². The van der Waals surface area contributed by atoms with Gasteiger partial charge in [-0.05, 0) is 18.6 Å². The Morgan fingerprint density at radius 2 is 1.92 bits per heavy atom. The fourth-order valence-corrected chi connectivity index (χ4v) is 2.14. The second-order valence-corrected chi connectivity index (χ2v) is 5.08. The Bertz CT molecular complexity index is 718. The van der Waals surface area contributed by atoms with Gasteiger partial charge in [-0.3, -0.25) is 14.9 Å². The van der Waals surface area contributed by atoms with Crippen molar-refractivity contribution in [2.24, 2.45) is 0 Å². The summed E-state index contributed by atoms with van der Waals surface area (Å²) in [5, 5.41) is 13.6. The third-order valence-electron chi connectivity index (χ3n) is 3.39. The third-order valence-corrected chi connectivity index (χ3v) is 3.39. The van der Waals surface area contributed by atoms with Crippen molar-refractivity contribution in [3.63, 3.8) is 0 Å². The Labute approximate surface area is 139 Å². The second kappa shape index (κ2) is 7.96.